The van der Waals surface area contributed by atoms with Crippen molar-refractivity contribution in [3.8, 4) is 0 Å². The minimum Gasteiger partial charge on any atom is -0.349 e. The number of aryl methyl sites for hydroxylation is 1. The Morgan fingerprint density at radius 1 is 1.39 bits per heavy atom. The van der Waals surface area contributed by atoms with E-state index in [1.165, 1.54) is 0 Å². The summed E-state index contributed by atoms with van der Waals surface area (Å²) in [6, 6.07) is 5.42. The van der Waals surface area contributed by atoms with Crippen LogP contribution in [0.15, 0.2) is 18.2 Å². The lowest BCUT2D eigenvalue weighted by Gasteiger charge is -2.21. The van der Waals surface area contributed by atoms with Crippen molar-refractivity contribution in [1.29, 1.82) is 0 Å². The van der Waals surface area contributed by atoms with Gasteiger partial charge in [-0.15, -0.1) is 0 Å². The highest BCUT2D eigenvalue weighted by molar-refractivity contribution is 5.92. The number of nitrogens with one attached hydrogen (secondary N) is 1. The van der Waals surface area contributed by atoms with Crippen molar-refractivity contribution in [2.24, 2.45) is 11.7 Å². The third-order valence-corrected chi connectivity index (χ3v) is 3.27. The van der Waals surface area contributed by atoms with Crippen LogP contribution in [-0.2, 0) is 0 Å². The molecular formula is C14H23N3O. The molecule has 0 spiro atoms. The fourth-order valence-corrected chi connectivity index (χ4v) is 2.03. The van der Waals surface area contributed by atoms with Gasteiger partial charge in [-0.25, -0.2) is 4.98 Å². The van der Waals surface area contributed by atoms with E-state index >= 15 is 0 Å². The molecule has 4 heteroatoms. The zero-order valence-corrected chi connectivity index (χ0v) is 11.4. The van der Waals surface area contributed by atoms with Crippen molar-refractivity contribution in [2.75, 3.05) is 6.54 Å². The molecule has 100 valence electrons. The van der Waals surface area contributed by atoms with Gasteiger partial charge in [-0.05, 0) is 25.0 Å². The summed E-state index contributed by atoms with van der Waals surface area (Å²) in [5.74, 6) is 0.302. The number of carbonyl (C=O) groups excluding carboxylic acids is 1. The van der Waals surface area contributed by atoms with Crippen LogP contribution in [0.3, 0.4) is 0 Å². The van der Waals surface area contributed by atoms with Gasteiger partial charge in [0.1, 0.15) is 5.69 Å². The molecule has 3 N–H and O–H groups in total. The smallest absolute Gasteiger partial charge is 0.269 e. The second kappa shape index (κ2) is 7.11. The Balaban J connectivity index is 2.51. The molecule has 0 aliphatic carbocycles. The molecule has 1 aromatic rings. The first kappa shape index (κ1) is 14.6. The number of nitrogens with zero attached hydrogens (tertiary/aromatic N) is 1. The van der Waals surface area contributed by atoms with Crippen molar-refractivity contribution in [3.05, 3.63) is 29.6 Å². The zero-order chi connectivity index (χ0) is 13.5. The van der Waals surface area contributed by atoms with Crippen LogP contribution in [0.25, 0.3) is 0 Å². The summed E-state index contributed by atoms with van der Waals surface area (Å²) in [6.45, 7) is 6.61. The van der Waals surface area contributed by atoms with Crippen LogP contribution in [0.4, 0.5) is 0 Å². The number of nitrogens with two attached hydrogens (primary N) is 1. The highest BCUT2D eigenvalue weighted by atomic mass is 16.1. The number of pyridine rings is 1. The van der Waals surface area contributed by atoms with E-state index in [4.69, 9.17) is 5.73 Å². The number of hydrogen-bond donors (Lipinski definition) is 2. The molecule has 4 nitrogen and oxygen atoms in total. The Kier molecular flexibility index (Phi) is 5.78. The largest absolute Gasteiger partial charge is 0.349 e. The molecular weight excluding hydrogens is 226 g/mol. The first-order chi connectivity index (χ1) is 8.58. The predicted molar refractivity (Wildman–Crippen MR) is 73.4 cm³/mol. The van der Waals surface area contributed by atoms with Crippen LogP contribution in [0.2, 0.25) is 0 Å². The standard InChI is InChI=1S/C14H23N3O/c1-4-11(5-2)12(15)9-16-14(18)13-8-6-7-10(3)17-13/h6-8,11-12H,4-5,9,15H2,1-3H3,(H,16,18). The lowest BCUT2D eigenvalue weighted by molar-refractivity contribution is 0.0942. The minimum atomic E-state index is -0.153. The maximum atomic E-state index is 11.9. The SMILES string of the molecule is CCC(CC)C(N)CNC(=O)c1cccc(C)n1. The number of carbonyl (C=O) groups is 1. The van der Waals surface area contributed by atoms with Gasteiger partial charge in [0, 0.05) is 18.3 Å². The molecule has 0 fully saturated rings. The first-order valence-electron chi connectivity index (χ1n) is 6.55. The van der Waals surface area contributed by atoms with Crippen LogP contribution in [0.5, 0.6) is 0 Å². The van der Waals surface area contributed by atoms with E-state index in [0.717, 1.165) is 18.5 Å². The van der Waals surface area contributed by atoms with Crippen molar-refractivity contribution in [2.45, 2.75) is 39.7 Å². The topological polar surface area (TPSA) is 68.0 Å². The third-order valence-electron chi connectivity index (χ3n) is 3.27. The lowest BCUT2D eigenvalue weighted by atomic mass is 9.95. The van der Waals surface area contributed by atoms with Gasteiger partial charge in [-0.2, -0.15) is 0 Å². The number of rotatable bonds is 6. The van der Waals surface area contributed by atoms with E-state index < -0.39 is 0 Å². The second-order valence-corrected chi connectivity index (χ2v) is 4.61. The summed E-state index contributed by atoms with van der Waals surface area (Å²) in [5, 5.41) is 2.85. The summed E-state index contributed by atoms with van der Waals surface area (Å²) in [4.78, 5) is 16.1. The number of aromatic nitrogens is 1. The summed E-state index contributed by atoms with van der Waals surface area (Å²) in [5.41, 5.74) is 7.35. The van der Waals surface area contributed by atoms with E-state index in [2.05, 4.69) is 24.1 Å². The average molecular weight is 249 g/mol. The molecule has 1 amide bonds. The minimum absolute atomic E-state index is 0.00811. The van der Waals surface area contributed by atoms with E-state index in [-0.39, 0.29) is 11.9 Å². The molecule has 1 unspecified atom stereocenters. The van der Waals surface area contributed by atoms with Gasteiger partial charge in [0.15, 0.2) is 0 Å². The van der Waals surface area contributed by atoms with E-state index in [1.807, 2.05) is 19.1 Å². The maximum absolute atomic E-state index is 11.9. The average Bonchev–Trinajstić information content (AvgIpc) is 2.37. The van der Waals surface area contributed by atoms with Crippen LogP contribution in [0, 0.1) is 12.8 Å². The molecule has 1 rings (SSSR count). The van der Waals surface area contributed by atoms with Crippen molar-refractivity contribution in [3.63, 3.8) is 0 Å². The number of hydrogen-bond acceptors (Lipinski definition) is 3. The second-order valence-electron chi connectivity index (χ2n) is 4.61. The summed E-state index contributed by atoms with van der Waals surface area (Å²) in [6.07, 6.45) is 2.08. The van der Waals surface area contributed by atoms with Crippen molar-refractivity contribution in [1.82, 2.24) is 10.3 Å². The first-order valence-corrected chi connectivity index (χ1v) is 6.55. The quantitative estimate of drug-likeness (QED) is 0.809. The molecule has 0 saturated heterocycles. The Hall–Kier alpha value is -1.42. The summed E-state index contributed by atoms with van der Waals surface area (Å²) >= 11 is 0. The highest BCUT2D eigenvalue weighted by Crippen LogP contribution is 2.10. The fraction of sp³-hybridized carbons (Fsp3) is 0.571. The maximum Gasteiger partial charge on any atom is 0.269 e. The van der Waals surface area contributed by atoms with Crippen molar-refractivity contribution < 1.29 is 4.79 Å². The van der Waals surface area contributed by atoms with Crippen LogP contribution in [0.1, 0.15) is 42.9 Å². The molecule has 0 radical (unpaired) electrons. The van der Waals surface area contributed by atoms with E-state index in [9.17, 15) is 4.79 Å². The Labute approximate surface area is 109 Å². The van der Waals surface area contributed by atoms with Crippen LogP contribution >= 0.6 is 0 Å². The Morgan fingerprint density at radius 2 is 2.06 bits per heavy atom. The summed E-state index contributed by atoms with van der Waals surface area (Å²) < 4.78 is 0. The molecule has 18 heavy (non-hydrogen) atoms. The summed E-state index contributed by atoms with van der Waals surface area (Å²) in [7, 11) is 0. The fourth-order valence-electron chi connectivity index (χ4n) is 2.03. The van der Waals surface area contributed by atoms with Gasteiger partial charge >= 0.3 is 0 Å². The Bertz CT molecular complexity index is 388. The van der Waals surface area contributed by atoms with E-state index in [1.54, 1.807) is 6.07 Å². The van der Waals surface area contributed by atoms with Gasteiger partial charge in [0.05, 0.1) is 0 Å². The molecule has 0 bridgehead atoms. The monoisotopic (exact) mass is 249 g/mol. The van der Waals surface area contributed by atoms with Crippen LogP contribution < -0.4 is 11.1 Å². The van der Waals surface area contributed by atoms with Gasteiger partial charge in [0.25, 0.3) is 5.91 Å². The third kappa shape index (κ3) is 4.11. The molecule has 0 saturated carbocycles. The molecule has 0 aromatic carbocycles. The van der Waals surface area contributed by atoms with E-state index in [0.29, 0.717) is 18.2 Å². The zero-order valence-electron chi connectivity index (χ0n) is 11.4. The lowest BCUT2D eigenvalue weighted by Crippen LogP contribution is -2.42. The predicted octanol–water partition coefficient (Wildman–Crippen LogP) is 1.88. The molecule has 1 atom stereocenters. The van der Waals surface area contributed by atoms with Crippen LogP contribution in [-0.4, -0.2) is 23.5 Å². The Morgan fingerprint density at radius 3 is 2.61 bits per heavy atom. The van der Waals surface area contributed by atoms with Crippen molar-refractivity contribution >= 4 is 5.91 Å². The molecule has 0 aliphatic rings. The van der Waals surface area contributed by atoms with Gasteiger partial charge in [0.2, 0.25) is 0 Å². The normalized spacial score (nSPS) is 12.5. The van der Waals surface area contributed by atoms with Gasteiger partial charge in [-0.3, -0.25) is 4.79 Å². The van der Waals surface area contributed by atoms with Gasteiger partial charge in [-0.1, -0.05) is 32.8 Å². The molecule has 0 aliphatic heterocycles. The highest BCUT2D eigenvalue weighted by Gasteiger charge is 2.15. The van der Waals surface area contributed by atoms with Gasteiger partial charge < -0.3 is 11.1 Å². The number of amides is 1. The molecule has 1 heterocycles. The molecule has 1 aromatic heterocycles.